The molecule has 0 N–H and O–H groups in total. The Balaban J connectivity index is 1.96. The summed E-state index contributed by atoms with van der Waals surface area (Å²) < 4.78 is 8.42. The van der Waals surface area contributed by atoms with Crippen molar-refractivity contribution in [3.8, 4) is 0 Å². The quantitative estimate of drug-likeness (QED) is 0.429. The summed E-state index contributed by atoms with van der Waals surface area (Å²) in [5, 5.41) is 0. The molecule has 2 heteroatoms. The van der Waals surface area contributed by atoms with Gasteiger partial charge < -0.3 is 0 Å². The Morgan fingerprint density at radius 1 is 0.714 bits per heavy atom. The molecule has 21 heavy (non-hydrogen) atoms. The molecule has 0 radical (unpaired) electrons. The van der Waals surface area contributed by atoms with E-state index in [2.05, 4.69) is 79.8 Å². The first-order chi connectivity index (χ1) is 10.4. The zero-order valence-electron chi connectivity index (χ0n) is 12.7. The van der Waals surface area contributed by atoms with Crippen molar-refractivity contribution in [2.75, 3.05) is 6.61 Å². The molecule has 3 aliphatic carbocycles. The van der Waals surface area contributed by atoms with Gasteiger partial charge in [0.2, 0.25) is 0 Å². The van der Waals surface area contributed by atoms with Gasteiger partial charge in [-0.1, -0.05) is 0 Å². The summed E-state index contributed by atoms with van der Waals surface area (Å²) in [6, 6.07) is 0. The average molecular weight is 387 g/mol. The summed E-state index contributed by atoms with van der Waals surface area (Å²) in [4.78, 5) is 0. The van der Waals surface area contributed by atoms with Gasteiger partial charge in [0.1, 0.15) is 0 Å². The van der Waals surface area contributed by atoms with Crippen molar-refractivity contribution in [3.05, 3.63) is 72.9 Å². The van der Waals surface area contributed by atoms with Crippen LogP contribution in [0.25, 0.3) is 0 Å². The Morgan fingerprint density at radius 2 is 1.10 bits per heavy atom. The molecule has 1 nitrogen and oxygen atoms in total. The average Bonchev–Trinajstić information content (AvgIpc) is 3.28. The SMILES string of the molecule is CCCC[O][Sn]([CH]1C=CC=C1)([CH]1C=CC=C1)[CH]1C=CC=C1. The van der Waals surface area contributed by atoms with E-state index in [9.17, 15) is 0 Å². The summed E-state index contributed by atoms with van der Waals surface area (Å²) in [5.41, 5.74) is 0. The zero-order chi connectivity index (χ0) is 14.5. The van der Waals surface area contributed by atoms with E-state index in [4.69, 9.17) is 3.07 Å². The summed E-state index contributed by atoms with van der Waals surface area (Å²) in [6.45, 7) is 3.15. The van der Waals surface area contributed by atoms with Crippen LogP contribution in [-0.4, -0.2) is 25.4 Å². The van der Waals surface area contributed by atoms with Crippen molar-refractivity contribution in [2.45, 2.75) is 31.6 Å². The Hall–Kier alpha value is -0.801. The van der Waals surface area contributed by atoms with Crippen LogP contribution in [-0.2, 0) is 3.07 Å². The van der Waals surface area contributed by atoms with Gasteiger partial charge >= 0.3 is 133 Å². The van der Waals surface area contributed by atoms with Gasteiger partial charge in [-0.2, -0.15) is 0 Å². The van der Waals surface area contributed by atoms with Crippen molar-refractivity contribution in [1.82, 2.24) is 0 Å². The molecule has 0 unspecified atom stereocenters. The summed E-state index contributed by atoms with van der Waals surface area (Å²) in [5.74, 6) is 0. The molecule has 0 heterocycles. The van der Waals surface area contributed by atoms with Crippen LogP contribution in [0.2, 0.25) is 11.8 Å². The molecule has 0 spiro atoms. The van der Waals surface area contributed by atoms with Crippen molar-refractivity contribution in [2.24, 2.45) is 0 Å². The van der Waals surface area contributed by atoms with Crippen LogP contribution in [0.4, 0.5) is 0 Å². The van der Waals surface area contributed by atoms with Gasteiger partial charge in [-0.3, -0.25) is 0 Å². The van der Waals surface area contributed by atoms with E-state index in [1.165, 1.54) is 12.8 Å². The van der Waals surface area contributed by atoms with Crippen LogP contribution < -0.4 is 0 Å². The standard InChI is InChI=1S/3C5H5.C4H9O.Sn/c3*1-2-4-5-3-1;1-2-3-4-5;/h3*1-5H;2-4H2,1H3;/q;;;-1;+1. The van der Waals surface area contributed by atoms with Crippen LogP contribution >= 0.6 is 0 Å². The topological polar surface area (TPSA) is 9.23 Å². The van der Waals surface area contributed by atoms with Crippen molar-refractivity contribution < 1.29 is 3.07 Å². The maximum absolute atomic E-state index is 6.82. The Bertz CT molecular complexity index is 430. The van der Waals surface area contributed by atoms with Crippen LogP contribution in [0.1, 0.15) is 19.8 Å². The monoisotopic (exact) mass is 388 g/mol. The number of unbranched alkanes of at least 4 members (excludes halogenated alkanes) is 1. The predicted octanol–water partition coefficient (Wildman–Crippen LogP) is 5.24. The van der Waals surface area contributed by atoms with Gasteiger partial charge in [-0.05, 0) is 0 Å². The van der Waals surface area contributed by atoms with Gasteiger partial charge in [0, 0.05) is 0 Å². The maximum atomic E-state index is 6.82. The second kappa shape index (κ2) is 6.97. The predicted molar refractivity (Wildman–Crippen MR) is 92.7 cm³/mol. The molecule has 0 fully saturated rings. The minimum atomic E-state index is -2.99. The first-order valence-electron chi connectivity index (χ1n) is 8.07. The molecule has 0 aromatic heterocycles. The van der Waals surface area contributed by atoms with Gasteiger partial charge in [0.25, 0.3) is 0 Å². The van der Waals surface area contributed by atoms with Gasteiger partial charge in [0.05, 0.1) is 0 Å². The molecular weight excluding hydrogens is 363 g/mol. The van der Waals surface area contributed by atoms with Crippen LogP contribution in [0, 0.1) is 0 Å². The third kappa shape index (κ3) is 2.91. The molecule has 0 amide bonds. The Morgan fingerprint density at radius 3 is 1.43 bits per heavy atom. The summed E-state index contributed by atoms with van der Waals surface area (Å²) in [7, 11) is 0. The van der Waals surface area contributed by atoms with E-state index in [0.29, 0.717) is 11.8 Å². The molecular formula is C19H24OSn. The van der Waals surface area contributed by atoms with Crippen LogP contribution in [0.15, 0.2) is 72.9 Å². The van der Waals surface area contributed by atoms with Crippen molar-refractivity contribution in [1.29, 1.82) is 0 Å². The fourth-order valence-corrected chi connectivity index (χ4v) is 17.5. The van der Waals surface area contributed by atoms with Gasteiger partial charge in [-0.15, -0.1) is 0 Å². The second-order valence-electron chi connectivity index (χ2n) is 5.94. The molecule has 0 aliphatic heterocycles. The number of rotatable bonds is 7. The number of hydrogen-bond acceptors (Lipinski definition) is 1. The number of allylic oxidation sites excluding steroid dienone is 12. The number of hydrogen-bond donors (Lipinski definition) is 0. The van der Waals surface area contributed by atoms with E-state index in [-0.39, 0.29) is 0 Å². The molecule has 0 atom stereocenters. The zero-order valence-corrected chi connectivity index (χ0v) is 15.5. The van der Waals surface area contributed by atoms with Crippen molar-refractivity contribution >= 4 is 18.8 Å². The molecule has 3 aliphatic rings. The molecule has 3 rings (SSSR count). The Kier molecular flexibility index (Phi) is 5.02. The normalized spacial score (nSPS) is 21.6. The molecule has 0 aromatic rings. The minimum absolute atomic E-state index is 0.533. The molecule has 0 aromatic carbocycles. The van der Waals surface area contributed by atoms with E-state index in [1.54, 1.807) is 0 Å². The third-order valence-corrected chi connectivity index (χ3v) is 18.9. The first-order valence-corrected chi connectivity index (χ1v) is 14.2. The molecule has 110 valence electrons. The van der Waals surface area contributed by atoms with Crippen LogP contribution in [0.5, 0.6) is 0 Å². The van der Waals surface area contributed by atoms with Gasteiger partial charge in [0.15, 0.2) is 0 Å². The molecule has 0 saturated heterocycles. The second-order valence-corrected chi connectivity index (χ2v) is 17.3. The fraction of sp³-hybridized carbons (Fsp3) is 0.368. The summed E-state index contributed by atoms with van der Waals surface area (Å²) >= 11 is -2.99. The van der Waals surface area contributed by atoms with Gasteiger partial charge in [-0.25, -0.2) is 0 Å². The third-order valence-electron chi connectivity index (χ3n) is 4.66. The van der Waals surface area contributed by atoms with E-state index < -0.39 is 18.8 Å². The summed E-state index contributed by atoms with van der Waals surface area (Å²) in [6.07, 6.45) is 29.8. The van der Waals surface area contributed by atoms with Crippen molar-refractivity contribution in [3.63, 3.8) is 0 Å². The van der Waals surface area contributed by atoms with Crippen LogP contribution in [0.3, 0.4) is 0 Å². The van der Waals surface area contributed by atoms with E-state index in [0.717, 1.165) is 6.61 Å². The molecule has 0 bridgehead atoms. The first kappa shape index (κ1) is 15.1. The molecule has 0 saturated carbocycles. The van der Waals surface area contributed by atoms with E-state index in [1.807, 2.05) is 0 Å². The van der Waals surface area contributed by atoms with E-state index >= 15 is 0 Å². The fourth-order valence-electron chi connectivity index (χ4n) is 3.55. The Labute approximate surface area is 132 Å².